The summed E-state index contributed by atoms with van der Waals surface area (Å²) < 4.78 is 24.3. The van der Waals surface area contributed by atoms with Crippen molar-refractivity contribution in [1.29, 1.82) is 5.26 Å². The van der Waals surface area contributed by atoms with E-state index in [0.717, 1.165) is 32.1 Å². The molecule has 0 saturated heterocycles. The largest absolute Gasteiger partial charge is 0.357 e. The van der Waals surface area contributed by atoms with Crippen LogP contribution in [0, 0.1) is 17.2 Å². The molecule has 0 amide bonds. The van der Waals surface area contributed by atoms with E-state index in [2.05, 4.69) is 26.4 Å². The Labute approximate surface area is 120 Å². The molecule has 1 rings (SSSR count). The van der Waals surface area contributed by atoms with E-state index in [-0.39, 0.29) is 18.5 Å². The molecule has 3 N–H and O–H groups in total. The molecule has 2 atom stereocenters. The highest BCUT2D eigenvalue weighted by Gasteiger charge is 2.27. The molecule has 8 heteroatoms. The molecular weight excluding hydrogens is 278 g/mol. The van der Waals surface area contributed by atoms with Crippen LogP contribution in [0.1, 0.15) is 26.2 Å². The molecule has 0 aromatic heterocycles. The summed E-state index contributed by atoms with van der Waals surface area (Å²) in [4.78, 5) is 4.31. The Bertz CT molecular complexity index is 469. The zero-order valence-corrected chi connectivity index (χ0v) is 12.8. The monoisotopic (exact) mass is 301 g/mol. The summed E-state index contributed by atoms with van der Waals surface area (Å²) in [7, 11) is -3.17. The van der Waals surface area contributed by atoms with Crippen molar-refractivity contribution in [3.63, 3.8) is 0 Å². The number of nitriles is 1. The molecule has 1 aliphatic rings. The van der Waals surface area contributed by atoms with Gasteiger partial charge in [-0.25, -0.2) is 13.1 Å². The highest BCUT2D eigenvalue weighted by atomic mass is 32.2. The predicted octanol–water partition coefficient (Wildman–Crippen LogP) is -0.217. The Hall–Kier alpha value is -1.33. The van der Waals surface area contributed by atoms with Gasteiger partial charge >= 0.3 is 0 Å². The molecule has 0 aromatic rings. The third-order valence-corrected chi connectivity index (χ3v) is 3.82. The van der Waals surface area contributed by atoms with Gasteiger partial charge in [0, 0.05) is 19.1 Å². The topological polar surface area (TPSA) is 106 Å². The second kappa shape index (κ2) is 8.07. The summed E-state index contributed by atoms with van der Waals surface area (Å²) in [5, 5.41) is 15.4. The van der Waals surface area contributed by atoms with Gasteiger partial charge in [0.1, 0.15) is 0 Å². The van der Waals surface area contributed by atoms with Crippen LogP contribution in [0.5, 0.6) is 0 Å². The molecule has 114 valence electrons. The molecule has 0 aliphatic heterocycles. The lowest BCUT2D eigenvalue weighted by molar-refractivity contribution is 0.532. The van der Waals surface area contributed by atoms with Gasteiger partial charge in [0.05, 0.1) is 24.8 Å². The quantitative estimate of drug-likeness (QED) is 0.357. The van der Waals surface area contributed by atoms with E-state index in [1.807, 2.05) is 6.92 Å². The first-order valence-corrected chi connectivity index (χ1v) is 8.74. The Balaban J connectivity index is 2.49. The van der Waals surface area contributed by atoms with Gasteiger partial charge in [0.15, 0.2) is 5.96 Å². The Morgan fingerprint density at radius 2 is 2.20 bits per heavy atom. The van der Waals surface area contributed by atoms with E-state index in [1.54, 1.807) is 0 Å². The SMILES string of the molecule is CCNC(=NCCNS(C)(=O)=O)NC1CCCC1C#N. The first-order chi connectivity index (χ1) is 9.46. The lowest BCUT2D eigenvalue weighted by Gasteiger charge is -2.19. The van der Waals surface area contributed by atoms with Gasteiger partial charge in [-0.05, 0) is 26.2 Å². The minimum Gasteiger partial charge on any atom is -0.357 e. The number of hydrogen-bond donors (Lipinski definition) is 3. The number of guanidine groups is 1. The van der Waals surface area contributed by atoms with Gasteiger partial charge < -0.3 is 10.6 Å². The van der Waals surface area contributed by atoms with Crippen molar-refractivity contribution < 1.29 is 8.42 Å². The van der Waals surface area contributed by atoms with E-state index in [4.69, 9.17) is 5.26 Å². The maximum atomic E-state index is 10.9. The third-order valence-electron chi connectivity index (χ3n) is 3.09. The van der Waals surface area contributed by atoms with Gasteiger partial charge in [-0.1, -0.05) is 0 Å². The van der Waals surface area contributed by atoms with Crippen molar-refractivity contribution in [2.24, 2.45) is 10.9 Å². The van der Waals surface area contributed by atoms with Gasteiger partial charge in [-0.3, -0.25) is 4.99 Å². The molecule has 1 fully saturated rings. The predicted molar refractivity (Wildman–Crippen MR) is 78.7 cm³/mol. The number of nitrogens with zero attached hydrogens (tertiary/aromatic N) is 2. The van der Waals surface area contributed by atoms with Crippen LogP contribution in [0.2, 0.25) is 0 Å². The molecule has 0 bridgehead atoms. The van der Waals surface area contributed by atoms with Crippen molar-refractivity contribution >= 4 is 16.0 Å². The molecule has 7 nitrogen and oxygen atoms in total. The minimum absolute atomic E-state index is 0.0213. The highest BCUT2D eigenvalue weighted by Crippen LogP contribution is 2.24. The molecular formula is C12H23N5O2S. The number of hydrogen-bond acceptors (Lipinski definition) is 4. The second-order valence-electron chi connectivity index (χ2n) is 4.84. The number of sulfonamides is 1. The van der Waals surface area contributed by atoms with E-state index < -0.39 is 10.0 Å². The first-order valence-electron chi connectivity index (χ1n) is 6.85. The molecule has 2 unspecified atom stereocenters. The fourth-order valence-corrected chi connectivity index (χ4v) is 2.64. The van der Waals surface area contributed by atoms with Gasteiger partial charge in [0.25, 0.3) is 0 Å². The van der Waals surface area contributed by atoms with Crippen LogP contribution < -0.4 is 15.4 Å². The van der Waals surface area contributed by atoms with Gasteiger partial charge in [-0.15, -0.1) is 0 Å². The van der Waals surface area contributed by atoms with Crippen LogP contribution in [0.25, 0.3) is 0 Å². The fourth-order valence-electron chi connectivity index (χ4n) is 2.18. The number of aliphatic imine (C=N–C) groups is 1. The Morgan fingerprint density at radius 3 is 2.80 bits per heavy atom. The second-order valence-corrected chi connectivity index (χ2v) is 6.68. The van der Waals surface area contributed by atoms with E-state index in [9.17, 15) is 8.42 Å². The van der Waals surface area contributed by atoms with Crippen LogP contribution in [-0.4, -0.2) is 46.3 Å². The Morgan fingerprint density at radius 1 is 1.45 bits per heavy atom. The van der Waals surface area contributed by atoms with Crippen molar-refractivity contribution in [3.05, 3.63) is 0 Å². The molecule has 0 heterocycles. The van der Waals surface area contributed by atoms with Crippen molar-refractivity contribution in [2.75, 3.05) is 25.9 Å². The third kappa shape index (κ3) is 6.21. The van der Waals surface area contributed by atoms with Crippen molar-refractivity contribution in [1.82, 2.24) is 15.4 Å². The van der Waals surface area contributed by atoms with Crippen LogP contribution in [0.15, 0.2) is 4.99 Å². The van der Waals surface area contributed by atoms with Crippen LogP contribution >= 0.6 is 0 Å². The van der Waals surface area contributed by atoms with E-state index >= 15 is 0 Å². The van der Waals surface area contributed by atoms with Gasteiger partial charge in [0.2, 0.25) is 10.0 Å². The molecule has 1 saturated carbocycles. The van der Waals surface area contributed by atoms with E-state index in [0.29, 0.717) is 12.5 Å². The molecule has 0 radical (unpaired) electrons. The lowest BCUT2D eigenvalue weighted by atomic mass is 10.1. The smallest absolute Gasteiger partial charge is 0.208 e. The standard InChI is InChI=1S/C12H23N5O2S/c1-3-14-12(15-7-8-16-20(2,18)19)17-11-6-4-5-10(11)9-13/h10-11,16H,3-8H2,1-2H3,(H2,14,15,17). The fraction of sp³-hybridized carbons (Fsp3) is 0.833. The highest BCUT2D eigenvalue weighted by molar-refractivity contribution is 7.88. The van der Waals surface area contributed by atoms with Crippen molar-refractivity contribution in [3.8, 4) is 6.07 Å². The zero-order chi connectivity index (χ0) is 15.0. The average molecular weight is 301 g/mol. The summed E-state index contributed by atoms with van der Waals surface area (Å²) in [6.07, 6.45) is 4.05. The van der Waals surface area contributed by atoms with Crippen LogP contribution in [-0.2, 0) is 10.0 Å². The van der Waals surface area contributed by atoms with E-state index in [1.165, 1.54) is 0 Å². The minimum atomic E-state index is -3.17. The summed E-state index contributed by atoms with van der Waals surface area (Å²) in [5.74, 6) is 0.656. The van der Waals surface area contributed by atoms with Crippen LogP contribution in [0.3, 0.4) is 0 Å². The molecule has 20 heavy (non-hydrogen) atoms. The van der Waals surface area contributed by atoms with Crippen molar-refractivity contribution in [2.45, 2.75) is 32.2 Å². The van der Waals surface area contributed by atoms with Crippen LogP contribution in [0.4, 0.5) is 0 Å². The summed E-state index contributed by atoms with van der Waals surface area (Å²) in [6.45, 7) is 3.30. The maximum absolute atomic E-state index is 10.9. The number of nitrogens with one attached hydrogen (secondary N) is 3. The number of rotatable bonds is 6. The normalized spacial score (nSPS) is 23.4. The summed E-state index contributed by atoms with van der Waals surface area (Å²) in [6, 6.07) is 2.44. The first kappa shape index (κ1) is 16.7. The summed E-state index contributed by atoms with van der Waals surface area (Å²) >= 11 is 0. The van der Waals surface area contributed by atoms with Gasteiger partial charge in [-0.2, -0.15) is 5.26 Å². The zero-order valence-electron chi connectivity index (χ0n) is 12.0. The molecule has 0 aromatic carbocycles. The summed E-state index contributed by atoms with van der Waals surface area (Å²) in [5.41, 5.74) is 0. The maximum Gasteiger partial charge on any atom is 0.208 e. The molecule has 0 spiro atoms. The average Bonchev–Trinajstić information content (AvgIpc) is 2.81. The molecule has 1 aliphatic carbocycles. The Kier molecular flexibility index (Phi) is 6.75. The lowest BCUT2D eigenvalue weighted by Crippen LogP contribution is -2.45.